The topological polar surface area (TPSA) is 77.5 Å². The summed E-state index contributed by atoms with van der Waals surface area (Å²) in [4.78, 5) is 14.2. The zero-order chi connectivity index (χ0) is 20.0. The third-order valence-corrected chi connectivity index (χ3v) is 4.18. The minimum absolute atomic E-state index is 0.105. The Labute approximate surface area is 159 Å². The predicted molar refractivity (Wildman–Crippen MR) is 101 cm³/mol. The fraction of sp³-hybridized carbons (Fsp3) is 0.350. The lowest BCUT2D eigenvalue weighted by Gasteiger charge is -2.22. The summed E-state index contributed by atoms with van der Waals surface area (Å²) in [5.41, 5.74) is 1.03. The minimum Gasteiger partial charge on any atom is -0.497 e. The molecular formula is C20H25NO6. The number of aliphatic hydroxyl groups excluding tert-OH is 1. The molecule has 2 aromatic rings. The van der Waals surface area contributed by atoms with Crippen molar-refractivity contribution in [3.8, 4) is 23.0 Å². The Morgan fingerprint density at radius 1 is 0.926 bits per heavy atom. The van der Waals surface area contributed by atoms with Gasteiger partial charge in [-0.1, -0.05) is 6.07 Å². The average molecular weight is 375 g/mol. The zero-order valence-electron chi connectivity index (χ0n) is 16.2. The molecule has 2 rings (SSSR count). The van der Waals surface area contributed by atoms with Gasteiger partial charge >= 0.3 is 0 Å². The molecule has 7 nitrogen and oxygen atoms in total. The van der Waals surface area contributed by atoms with Crippen molar-refractivity contribution in [2.75, 3.05) is 42.0 Å². The number of carbonyl (C=O) groups is 1. The summed E-state index contributed by atoms with van der Waals surface area (Å²) in [6.45, 7) is 0.105. The Bertz CT molecular complexity index is 770. The number of hydrogen-bond donors (Lipinski definition) is 1. The van der Waals surface area contributed by atoms with Crippen molar-refractivity contribution in [3.05, 3.63) is 47.5 Å². The van der Waals surface area contributed by atoms with E-state index in [0.717, 1.165) is 0 Å². The first kappa shape index (κ1) is 20.4. The molecule has 0 saturated heterocycles. The van der Waals surface area contributed by atoms with Crippen LogP contribution in [-0.2, 0) is 0 Å². The number of nitrogens with zero attached hydrogens (tertiary/aromatic N) is 1. The number of ether oxygens (including phenoxy) is 4. The van der Waals surface area contributed by atoms with E-state index >= 15 is 0 Å². The van der Waals surface area contributed by atoms with Gasteiger partial charge in [-0.3, -0.25) is 4.79 Å². The van der Waals surface area contributed by atoms with Crippen LogP contribution in [0, 0.1) is 0 Å². The summed E-state index contributed by atoms with van der Waals surface area (Å²) in [7, 11) is 7.74. The lowest BCUT2D eigenvalue weighted by Crippen LogP contribution is -2.31. The summed E-state index contributed by atoms with van der Waals surface area (Å²) >= 11 is 0. The SMILES string of the molecule is COc1cc(OC)cc(C(=O)N(C)CC(O)c2ccc(OC)c(OC)c2)c1. The monoisotopic (exact) mass is 375 g/mol. The lowest BCUT2D eigenvalue weighted by molar-refractivity contribution is 0.0680. The highest BCUT2D eigenvalue weighted by Gasteiger charge is 2.19. The van der Waals surface area contributed by atoms with Crippen LogP contribution in [-0.4, -0.2) is 57.9 Å². The molecule has 146 valence electrons. The second-order valence-electron chi connectivity index (χ2n) is 5.92. The molecule has 0 radical (unpaired) electrons. The molecule has 1 unspecified atom stereocenters. The Hall–Kier alpha value is -2.93. The number of rotatable bonds is 8. The number of aliphatic hydroxyl groups is 1. The second kappa shape index (κ2) is 9.14. The summed E-state index contributed by atoms with van der Waals surface area (Å²) in [6, 6.07) is 10.1. The number of hydrogen-bond acceptors (Lipinski definition) is 6. The van der Waals surface area contributed by atoms with Crippen molar-refractivity contribution < 1.29 is 28.8 Å². The number of amides is 1. The van der Waals surface area contributed by atoms with E-state index in [1.165, 1.54) is 26.2 Å². The molecule has 0 bridgehead atoms. The second-order valence-corrected chi connectivity index (χ2v) is 5.92. The van der Waals surface area contributed by atoms with Crippen molar-refractivity contribution in [2.24, 2.45) is 0 Å². The van der Waals surface area contributed by atoms with E-state index in [-0.39, 0.29) is 12.5 Å². The van der Waals surface area contributed by atoms with Crippen LogP contribution in [0.4, 0.5) is 0 Å². The maximum atomic E-state index is 12.7. The van der Waals surface area contributed by atoms with Gasteiger partial charge in [-0.05, 0) is 29.8 Å². The molecule has 7 heteroatoms. The van der Waals surface area contributed by atoms with Crippen molar-refractivity contribution in [1.82, 2.24) is 4.90 Å². The first-order chi connectivity index (χ1) is 12.9. The molecule has 0 heterocycles. The molecule has 0 aromatic heterocycles. The Balaban J connectivity index is 2.16. The van der Waals surface area contributed by atoms with Crippen LogP contribution < -0.4 is 18.9 Å². The average Bonchev–Trinajstić information content (AvgIpc) is 2.71. The van der Waals surface area contributed by atoms with E-state index in [2.05, 4.69) is 0 Å². The molecule has 0 aliphatic heterocycles. The first-order valence-corrected chi connectivity index (χ1v) is 8.32. The molecular weight excluding hydrogens is 350 g/mol. The van der Waals surface area contributed by atoms with E-state index in [1.54, 1.807) is 50.6 Å². The van der Waals surface area contributed by atoms with Gasteiger partial charge in [0.2, 0.25) is 0 Å². The molecule has 2 aromatic carbocycles. The molecule has 0 fully saturated rings. The van der Waals surface area contributed by atoms with E-state index in [1.807, 2.05) is 0 Å². The van der Waals surface area contributed by atoms with Crippen LogP contribution in [0.15, 0.2) is 36.4 Å². The fourth-order valence-electron chi connectivity index (χ4n) is 2.66. The van der Waals surface area contributed by atoms with Gasteiger partial charge in [-0.2, -0.15) is 0 Å². The molecule has 0 aliphatic rings. The van der Waals surface area contributed by atoms with Crippen molar-refractivity contribution >= 4 is 5.91 Å². The largest absolute Gasteiger partial charge is 0.497 e. The molecule has 27 heavy (non-hydrogen) atoms. The highest BCUT2D eigenvalue weighted by atomic mass is 16.5. The van der Waals surface area contributed by atoms with Gasteiger partial charge in [0, 0.05) is 18.7 Å². The van der Waals surface area contributed by atoms with Crippen molar-refractivity contribution in [2.45, 2.75) is 6.10 Å². The molecule has 1 atom stereocenters. The van der Waals surface area contributed by atoms with E-state index in [4.69, 9.17) is 18.9 Å². The van der Waals surface area contributed by atoms with Crippen molar-refractivity contribution in [1.29, 1.82) is 0 Å². The van der Waals surface area contributed by atoms with Gasteiger partial charge in [0.15, 0.2) is 11.5 Å². The summed E-state index contributed by atoms with van der Waals surface area (Å²) < 4.78 is 20.9. The normalized spacial score (nSPS) is 11.5. The smallest absolute Gasteiger partial charge is 0.253 e. The quantitative estimate of drug-likeness (QED) is 0.764. The van der Waals surface area contributed by atoms with E-state index in [0.29, 0.717) is 34.1 Å². The number of benzene rings is 2. The molecule has 1 N–H and O–H groups in total. The Morgan fingerprint density at radius 3 is 2.04 bits per heavy atom. The molecule has 1 amide bonds. The Morgan fingerprint density at radius 2 is 1.52 bits per heavy atom. The lowest BCUT2D eigenvalue weighted by atomic mass is 10.1. The Kier molecular flexibility index (Phi) is 6.90. The highest BCUT2D eigenvalue weighted by molar-refractivity contribution is 5.95. The summed E-state index contributed by atoms with van der Waals surface area (Å²) in [6.07, 6.45) is -0.883. The van der Waals surface area contributed by atoms with Crippen LogP contribution in [0.5, 0.6) is 23.0 Å². The number of likely N-dealkylation sites (N-methyl/N-ethyl adjacent to an activating group) is 1. The summed E-state index contributed by atoms with van der Waals surface area (Å²) in [5, 5.41) is 10.5. The standard InChI is InChI=1S/C20H25NO6/c1-21(20(23)14-8-15(24-2)11-16(9-14)25-3)12-17(22)13-6-7-18(26-4)19(10-13)27-5/h6-11,17,22H,12H2,1-5H3. The van der Waals surface area contributed by atoms with Crippen LogP contribution in [0.1, 0.15) is 22.0 Å². The van der Waals surface area contributed by atoms with Gasteiger partial charge in [0.25, 0.3) is 5.91 Å². The third kappa shape index (κ3) is 4.83. The fourth-order valence-corrected chi connectivity index (χ4v) is 2.66. The number of methoxy groups -OCH3 is 4. The molecule has 0 aliphatic carbocycles. The predicted octanol–water partition coefficient (Wildman–Crippen LogP) is 2.53. The van der Waals surface area contributed by atoms with Crippen LogP contribution in [0.2, 0.25) is 0 Å². The van der Waals surface area contributed by atoms with Gasteiger partial charge in [-0.25, -0.2) is 0 Å². The number of carbonyl (C=O) groups excluding carboxylic acids is 1. The highest BCUT2D eigenvalue weighted by Crippen LogP contribution is 2.30. The van der Waals surface area contributed by atoms with Gasteiger partial charge in [0.05, 0.1) is 41.1 Å². The van der Waals surface area contributed by atoms with Gasteiger partial charge in [-0.15, -0.1) is 0 Å². The first-order valence-electron chi connectivity index (χ1n) is 8.32. The third-order valence-electron chi connectivity index (χ3n) is 4.18. The van der Waals surface area contributed by atoms with Crippen molar-refractivity contribution in [3.63, 3.8) is 0 Å². The maximum Gasteiger partial charge on any atom is 0.253 e. The van der Waals surface area contributed by atoms with Gasteiger partial charge < -0.3 is 29.0 Å². The maximum absolute atomic E-state index is 12.7. The minimum atomic E-state index is -0.883. The van der Waals surface area contributed by atoms with Crippen LogP contribution in [0.25, 0.3) is 0 Å². The van der Waals surface area contributed by atoms with Gasteiger partial charge in [0.1, 0.15) is 11.5 Å². The zero-order valence-corrected chi connectivity index (χ0v) is 16.2. The molecule has 0 saturated carbocycles. The van der Waals surface area contributed by atoms with E-state index in [9.17, 15) is 9.90 Å². The van der Waals surface area contributed by atoms with E-state index < -0.39 is 6.10 Å². The van der Waals surface area contributed by atoms with Crippen LogP contribution >= 0.6 is 0 Å². The summed E-state index contributed by atoms with van der Waals surface area (Å²) in [5.74, 6) is 1.87. The molecule has 0 spiro atoms. The van der Waals surface area contributed by atoms with Crippen LogP contribution in [0.3, 0.4) is 0 Å².